The Balaban J connectivity index is 2.22. The van der Waals surface area contributed by atoms with Crippen LogP contribution in [0.25, 0.3) is 11.1 Å². The van der Waals surface area contributed by atoms with Crippen molar-refractivity contribution in [3.8, 4) is 11.1 Å². The number of methoxy groups -OCH3 is 1. The normalized spacial score (nSPS) is 13.1. The van der Waals surface area contributed by atoms with E-state index >= 15 is 0 Å². The van der Waals surface area contributed by atoms with Gasteiger partial charge in [0.2, 0.25) is 6.04 Å². The zero-order chi connectivity index (χ0) is 22.3. The molecule has 2 atom stereocenters. The fourth-order valence-electron chi connectivity index (χ4n) is 3.01. The van der Waals surface area contributed by atoms with Gasteiger partial charge in [-0.25, -0.2) is 9.59 Å². The van der Waals surface area contributed by atoms with Gasteiger partial charge >= 0.3 is 12.1 Å². The first-order valence-electron chi connectivity index (χ1n) is 9.68. The number of hydrogen-bond acceptors (Lipinski definition) is 6. The van der Waals surface area contributed by atoms with E-state index in [0.717, 1.165) is 22.3 Å². The fourth-order valence-corrected chi connectivity index (χ4v) is 3.01. The maximum Gasteiger partial charge on any atom is 0.407 e. The molecule has 0 aliphatic heterocycles. The molecule has 2 aromatic rings. The van der Waals surface area contributed by atoms with Crippen molar-refractivity contribution in [2.75, 3.05) is 7.11 Å². The van der Waals surface area contributed by atoms with Crippen molar-refractivity contribution in [1.82, 2.24) is 5.32 Å². The summed E-state index contributed by atoms with van der Waals surface area (Å²) in [6, 6.07) is 13.5. The lowest BCUT2D eigenvalue weighted by Gasteiger charge is -2.25. The van der Waals surface area contributed by atoms with Crippen LogP contribution in [0, 0.1) is 11.8 Å². The zero-order valence-corrected chi connectivity index (χ0v) is 18.0. The Bertz CT molecular complexity index is 887. The number of rotatable bonds is 7. The minimum Gasteiger partial charge on any atom is -0.467 e. The monoisotopic (exact) mass is 412 g/mol. The van der Waals surface area contributed by atoms with Gasteiger partial charge in [-0.2, -0.15) is 0 Å². The molecule has 2 rings (SSSR count). The Labute approximate surface area is 176 Å². The van der Waals surface area contributed by atoms with Gasteiger partial charge in [0, 0.05) is 0 Å². The highest BCUT2D eigenvalue weighted by atomic mass is 16.6. The maximum absolute atomic E-state index is 12.2. The number of hydrogen-bond donors (Lipinski definition) is 1. The lowest BCUT2D eigenvalue weighted by atomic mass is 9.97. The van der Waals surface area contributed by atoms with Crippen LogP contribution >= 0.6 is 0 Å². The van der Waals surface area contributed by atoms with Gasteiger partial charge in [0.1, 0.15) is 5.60 Å². The second-order valence-electron chi connectivity index (χ2n) is 8.10. The van der Waals surface area contributed by atoms with Gasteiger partial charge < -0.3 is 14.8 Å². The molecule has 30 heavy (non-hydrogen) atoms. The molecular formula is C23H28N2O5. The number of nitrogens with zero attached hydrogens (tertiary/aromatic N) is 1. The zero-order valence-electron chi connectivity index (χ0n) is 18.0. The highest BCUT2D eigenvalue weighted by molar-refractivity contribution is 5.78. The number of aryl methyl sites for hydroxylation is 1. The summed E-state index contributed by atoms with van der Waals surface area (Å²) < 4.78 is 9.92. The van der Waals surface area contributed by atoms with Crippen LogP contribution in [0.1, 0.15) is 31.9 Å². The molecule has 1 N–H and O–H groups in total. The molecule has 2 aromatic carbocycles. The Morgan fingerprint density at radius 3 is 2.27 bits per heavy atom. The van der Waals surface area contributed by atoms with Crippen LogP contribution in [0.15, 0.2) is 53.7 Å². The van der Waals surface area contributed by atoms with E-state index in [1.165, 1.54) is 7.11 Å². The van der Waals surface area contributed by atoms with E-state index in [0.29, 0.717) is 0 Å². The first-order chi connectivity index (χ1) is 14.1. The second kappa shape index (κ2) is 10.0. The third-order valence-electron chi connectivity index (χ3n) is 4.40. The van der Waals surface area contributed by atoms with Crippen LogP contribution in [-0.2, 0) is 20.7 Å². The third-order valence-corrected chi connectivity index (χ3v) is 4.40. The molecule has 0 aliphatic rings. The number of carbonyl (C=O) groups excluding carboxylic acids is 2. The SMILES string of the molecule is COC(=O)C(N=O)[C@@H](Cc1ccc(-c2cccc(C)c2)cc1)NC(=O)OC(C)(C)C. The van der Waals surface area contributed by atoms with Crippen molar-refractivity contribution in [3.05, 3.63) is 64.6 Å². The highest BCUT2D eigenvalue weighted by Gasteiger charge is 2.33. The molecule has 7 nitrogen and oxygen atoms in total. The number of nitroso groups, excluding NO2 is 1. The Morgan fingerprint density at radius 2 is 1.73 bits per heavy atom. The largest absolute Gasteiger partial charge is 0.467 e. The van der Waals surface area contributed by atoms with E-state index in [9.17, 15) is 14.5 Å². The summed E-state index contributed by atoms with van der Waals surface area (Å²) in [5, 5.41) is 5.47. The molecule has 0 saturated heterocycles. The summed E-state index contributed by atoms with van der Waals surface area (Å²) in [4.78, 5) is 35.6. The Kier molecular flexibility index (Phi) is 7.69. The number of ether oxygens (including phenoxy) is 2. The predicted octanol–water partition coefficient (Wildman–Crippen LogP) is 4.41. The van der Waals surface area contributed by atoms with Crippen LogP contribution in [0.3, 0.4) is 0 Å². The number of amides is 1. The Morgan fingerprint density at radius 1 is 1.07 bits per heavy atom. The number of benzene rings is 2. The molecule has 7 heteroatoms. The van der Waals surface area contributed by atoms with E-state index in [1.54, 1.807) is 20.8 Å². The third kappa shape index (κ3) is 6.69. The van der Waals surface area contributed by atoms with Crippen molar-refractivity contribution in [2.24, 2.45) is 5.18 Å². The van der Waals surface area contributed by atoms with Crippen molar-refractivity contribution in [1.29, 1.82) is 0 Å². The van der Waals surface area contributed by atoms with Gasteiger partial charge in [0.25, 0.3) is 0 Å². The summed E-state index contributed by atoms with van der Waals surface area (Å²) in [5.41, 5.74) is 3.39. The molecule has 1 unspecified atom stereocenters. The molecule has 0 spiro atoms. The minimum absolute atomic E-state index is 0.207. The fraction of sp³-hybridized carbons (Fsp3) is 0.391. The molecule has 0 radical (unpaired) electrons. The van der Waals surface area contributed by atoms with Gasteiger partial charge in [-0.3, -0.25) is 0 Å². The molecule has 0 bridgehead atoms. The van der Waals surface area contributed by atoms with Crippen molar-refractivity contribution in [2.45, 2.75) is 51.8 Å². The van der Waals surface area contributed by atoms with Crippen LogP contribution in [-0.4, -0.2) is 36.9 Å². The van der Waals surface area contributed by atoms with Gasteiger partial charge in [0.05, 0.1) is 13.2 Å². The molecule has 0 aromatic heterocycles. The molecule has 160 valence electrons. The van der Waals surface area contributed by atoms with Gasteiger partial charge in [-0.05, 0) is 50.8 Å². The second-order valence-corrected chi connectivity index (χ2v) is 8.10. The topological polar surface area (TPSA) is 94.1 Å². The van der Waals surface area contributed by atoms with E-state index in [1.807, 2.05) is 49.4 Å². The van der Waals surface area contributed by atoms with E-state index in [4.69, 9.17) is 4.74 Å². The molecule has 0 aliphatic carbocycles. The standard InChI is InChI=1S/C23H28N2O5/c1-15-7-6-8-18(13-15)17-11-9-16(10-12-17)14-19(20(25-28)21(26)29-5)24-22(27)30-23(2,3)4/h6-13,19-20H,14H2,1-5H3,(H,24,27)/t19-,20?/m1/s1. The van der Waals surface area contributed by atoms with E-state index in [2.05, 4.69) is 21.3 Å². The number of esters is 1. The van der Waals surface area contributed by atoms with Gasteiger partial charge in [-0.15, -0.1) is 4.91 Å². The lowest BCUT2D eigenvalue weighted by molar-refractivity contribution is -0.142. The number of nitrogens with one attached hydrogen (secondary N) is 1. The van der Waals surface area contributed by atoms with Gasteiger partial charge in [-0.1, -0.05) is 59.3 Å². The molecule has 1 amide bonds. The van der Waals surface area contributed by atoms with Crippen LogP contribution in [0.5, 0.6) is 0 Å². The first-order valence-corrected chi connectivity index (χ1v) is 9.68. The van der Waals surface area contributed by atoms with Crippen LogP contribution < -0.4 is 5.32 Å². The van der Waals surface area contributed by atoms with Crippen molar-refractivity contribution < 1.29 is 19.1 Å². The first kappa shape index (κ1) is 23.1. The lowest BCUT2D eigenvalue weighted by Crippen LogP contribution is -2.49. The van der Waals surface area contributed by atoms with Crippen LogP contribution in [0.2, 0.25) is 0 Å². The molecular weight excluding hydrogens is 384 g/mol. The average Bonchev–Trinajstić information content (AvgIpc) is 2.67. The van der Waals surface area contributed by atoms with E-state index < -0.39 is 29.7 Å². The number of carbonyl (C=O) groups is 2. The summed E-state index contributed by atoms with van der Waals surface area (Å²) in [6.45, 7) is 7.20. The molecule has 0 heterocycles. The maximum atomic E-state index is 12.2. The summed E-state index contributed by atoms with van der Waals surface area (Å²) in [5.74, 6) is -0.817. The summed E-state index contributed by atoms with van der Waals surface area (Å²) >= 11 is 0. The smallest absolute Gasteiger partial charge is 0.407 e. The van der Waals surface area contributed by atoms with Crippen molar-refractivity contribution >= 4 is 12.1 Å². The average molecular weight is 412 g/mol. The van der Waals surface area contributed by atoms with E-state index in [-0.39, 0.29) is 6.42 Å². The van der Waals surface area contributed by atoms with Crippen LogP contribution in [0.4, 0.5) is 4.79 Å². The highest BCUT2D eigenvalue weighted by Crippen LogP contribution is 2.22. The molecule has 0 saturated carbocycles. The van der Waals surface area contributed by atoms with Gasteiger partial charge in [0.15, 0.2) is 0 Å². The van der Waals surface area contributed by atoms with Crippen molar-refractivity contribution in [3.63, 3.8) is 0 Å². The summed E-state index contributed by atoms with van der Waals surface area (Å²) in [7, 11) is 1.17. The summed E-state index contributed by atoms with van der Waals surface area (Å²) in [6.07, 6.45) is -0.528. The minimum atomic E-state index is -1.39. The molecule has 0 fully saturated rings. The predicted molar refractivity (Wildman–Crippen MR) is 115 cm³/mol. The Hall–Kier alpha value is -3.22. The number of alkyl carbamates (subject to hydrolysis) is 1. The quantitative estimate of drug-likeness (QED) is 0.537.